The summed E-state index contributed by atoms with van der Waals surface area (Å²) < 4.78 is 15.4. The summed E-state index contributed by atoms with van der Waals surface area (Å²) in [5.41, 5.74) is 4.62. The van der Waals surface area contributed by atoms with Gasteiger partial charge in [-0.25, -0.2) is 4.39 Å². The van der Waals surface area contributed by atoms with Crippen LogP contribution in [0, 0.1) is 5.82 Å². The van der Waals surface area contributed by atoms with Crippen molar-refractivity contribution in [3.63, 3.8) is 0 Å². The molecule has 27 heavy (non-hydrogen) atoms. The molecule has 4 rings (SSSR count). The Hall–Kier alpha value is -2.40. The zero-order chi connectivity index (χ0) is 19.1. The molecule has 4 nitrogen and oxygen atoms in total. The van der Waals surface area contributed by atoms with Crippen LogP contribution in [0.3, 0.4) is 0 Å². The number of rotatable bonds is 3. The fraction of sp³-hybridized carbons (Fsp3) is 0.409. The molecule has 1 saturated heterocycles. The topological polar surface area (TPSA) is 49.8 Å². The molecule has 2 N–H and O–H groups in total. The van der Waals surface area contributed by atoms with Gasteiger partial charge in [0, 0.05) is 29.7 Å². The van der Waals surface area contributed by atoms with Gasteiger partial charge in [-0.2, -0.15) is 0 Å². The second kappa shape index (κ2) is 6.97. The Morgan fingerprint density at radius 1 is 1.19 bits per heavy atom. The Bertz CT molecular complexity index is 1020. The van der Waals surface area contributed by atoms with Gasteiger partial charge in [0.25, 0.3) is 5.56 Å². The lowest BCUT2D eigenvalue weighted by molar-refractivity contribution is 0.460. The van der Waals surface area contributed by atoms with E-state index in [1.54, 1.807) is 13.2 Å². The van der Waals surface area contributed by atoms with Gasteiger partial charge < -0.3 is 14.9 Å². The van der Waals surface area contributed by atoms with Gasteiger partial charge in [0.1, 0.15) is 0 Å². The molecule has 1 aliphatic rings. The van der Waals surface area contributed by atoms with Gasteiger partial charge in [-0.15, -0.1) is 0 Å². The molecule has 0 aliphatic carbocycles. The van der Waals surface area contributed by atoms with E-state index in [2.05, 4.69) is 42.3 Å². The number of nitrogens with one attached hydrogen (secondary N) is 2. The van der Waals surface area contributed by atoms with E-state index in [1.807, 2.05) is 0 Å². The molecular weight excluding hydrogens is 341 g/mol. The minimum absolute atomic E-state index is 0.275. The normalized spacial score (nSPS) is 15.7. The van der Waals surface area contributed by atoms with Crippen LogP contribution < -0.4 is 10.9 Å². The molecule has 5 heteroatoms. The fourth-order valence-electron chi connectivity index (χ4n) is 4.27. The molecule has 0 unspecified atom stereocenters. The fourth-order valence-corrected chi connectivity index (χ4v) is 4.27. The molecule has 0 atom stereocenters. The number of hydrogen-bond donors (Lipinski definition) is 2. The highest BCUT2D eigenvalue weighted by Gasteiger charge is 2.20. The average molecular weight is 367 g/mol. The van der Waals surface area contributed by atoms with Gasteiger partial charge in [0.05, 0.1) is 5.69 Å². The largest absolute Gasteiger partial charge is 0.354 e. The second-order valence-electron chi connectivity index (χ2n) is 7.89. The van der Waals surface area contributed by atoms with E-state index in [0.29, 0.717) is 11.5 Å². The zero-order valence-corrected chi connectivity index (χ0v) is 16.1. The number of aryl methyl sites for hydroxylation is 1. The van der Waals surface area contributed by atoms with Gasteiger partial charge >= 0.3 is 0 Å². The van der Waals surface area contributed by atoms with E-state index in [4.69, 9.17) is 0 Å². The van der Waals surface area contributed by atoms with Crippen LogP contribution in [0.15, 0.2) is 35.3 Å². The van der Waals surface area contributed by atoms with Crippen molar-refractivity contribution in [2.24, 2.45) is 7.05 Å². The number of aromatic nitrogens is 2. The maximum atomic E-state index is 14.1. The first kappa shape index (κ1) is 18.0. The predicted molar refractivity (Wildman–Crippen MR) is 108 cm³/mol. The molecule has 1 fully saturated rings. The average Bonchev–Trinajstić information content (AvgIpc) is 3.05. The first-order valence-electron chi connectivity index (χ1n) is 9.68. The third-order valence-electron chi connectivity index (χ3n) is 5.68. The van der Waals surface area contributed by atoms with E-state index in [-0.39, 0.29) is 5.92 Å². The first-order chi connectivity index (χ1) is 13.0. The van der Waals surface area contributed by atoms with Crippen molar-refractivity contribution in [1.29, 1.82) is 0 Å². The highest BCUT2D eigenvalue weighted by Crippen LogP contribution is 2.37. The molecule has 0 bridgehead atoms. The molecule has 0 amide bonds. The van der Waals surface area contributed by atoms with Crippen LogP contribution >= 0.6 is 0 Å². The van der Waals surface area contributed by atoms with Gasteiger partial charge in [0.15, 0.2) is 5.82 Å². The van der Waals surface area contributed by atoms with E-state index in [0.717, 1.165) is 37.1 Å². The lowest BCUT2D eigenvalue weighted by Crippen LogP contribution is -2.26. The number of aromatic amines is 1. The van der Waals surface area contributed by atoms with Crippen molar-refractivity contribution in [2.45, 2.75) is 38.5 Å². The van der Waals surface area contributed by atoms with Crippen molar-refractivity contribution in [2.75, 3.05) is 13.1 Å². The number of halogens is 1. The summed E-state index contributed by atoms with van der Waals surface area (Å²) in [7, 11) is 1.59. The third kappa shape index (κ3) is 3.21. The lowest BCUT2D eigenvalue weighted by Gasteiger charge is -2.23. The summed E-state index contributed by atoms with van der Waals surface area (Å²) in [6, 6.07) is 8.00. The van der Waals surface area contributed by atoms with Gasteiger partial charge in [-0.1, -0.05) is 19.9 Å². The molecule has 1 aromatic carbocycles. The van der Waals surface area contributed by atoms with Crippen LogP contribution in [0.5, 0.6) is 0 Å². The van der Waals surface area contributed by atoms with Crippen LogP contribution in [0.4, 0.5) is 4.39 Å². The van der Waals surface area contributed by atoms with Crippen molar-refractivity contribution in [3.05, 3.63) is 57.8 Å². The summed E-state index contributed by atoms with van der Waals surface area (Å²) in [6.45, 7) is 6.44. The lowest BCUT2D eigenvalue weighted by atomic mass is 9.88. The Labute approximate surface area is 158 Å². The molecule has 2 aromatic heterocycles. The Morgan fingerprint density at radius 2 is 1.93 bits per heavy atom. The maximum absolute atomic E-state index is 14.1. The minimum atomic E-state index is -0.723. The number of pyridine rings is 1. The minimum Gasteiger partial charge on any atom is -0.354 e. The third-order valence-corrected chi connectivity index (χ3v) is 5.68. The number of hydrogen-bond acceptors (Lipinski definition) is 2. The molecule has 3 aromatic rings. The van der Waals surface area contributed by atoms with Crippen LogP contribution in [-0.2, 0) is 7.05 Å². The van der Waals surface area contributed by atoms with Crippen LogP contribution in [-0.4, -0.2) is 22.6 Å². The Balaban J connectivity index is 1.88. The zero-order valence-electron chi connectivity index (χ0n) is 16.1. The van der Waals surface area contributed by atoms with Crippen molar-refractivity contribution < 1.29 is 4.39 Å². The number of benzene rings is 1. The first-order valence-corrected chi connectivity index (χ1v) is 9.68. The monoisotopic (exact) mass is 367 g/mol. The standard InChI is InChI=1S/C22H26FN3O/c1-13(2)20-17-10-15(14-6-8-24-9-7-14)4-5-19(17)25-21(20)16-11-18(23)22(27)26(3)12-16/h4-5,10-14,24-25H,6-9H2,1-3H3. The van der Waals surface area contributed by atoms with Crippen LogP contribution in [0.25, 0.3) is 22.2 Å². The number of fused-ring (bicyclic) bond motifs is 1. The molecule has 3 heterocycles. The second-order valence-corrected chi connectivity index (χ2v) is 7.89. The van der Waals surface area contributed by atoms with Gasteiger partial charge in [0.2, 0.25) is 0 Å². The number of piperidine rings is 1. The molecule has 0 saturated carbocycles. The van der Waals surface area contributed by atoms with Crippen molar-refractivity contribution in [3.8, 4) is 11.3 Å². The molecule has 142 valence electrons. The maximum Gasteiger partial charge on any atom is 0.286 e. The van der Waals surface area contributed by atoms with E-state index >= 15 is 0 Å². The van der Waals surface area contributed by atoms with Gasteiger partial charge in [-0.3, -0.25) is 4.79 Å². The number of nitrogens with zero attached hydrogens (tertiary/aromatic N) is 1. The highest BCUT2D eigenvalue weighted by atomic mass is 19.1. The summed E-state index contributed by atoms with van der Waals surface area (Å²) in [4.78, 5) is 15.2. The Kier molecular flexibility index (Phi) is 4.64. The van der Waals surface area contributed by atoms with Crippen LogP contribution in [0.2, 0.25) is 0 Å². The summed E-state index contributed by atoms with van der Waals surface area (Å²) in [5.74, 6) is 0.139. The smallest absolute Gasteiger partial charge is 0.286 e. The molecular formula is C22H26FN3O. The summed E-state index contributed by atoms with van der Waals surface area (Å²) >= 11 is 0. The van der Waals surface area contributed by atoms with Crippen LogP contribution in [0.1, 0.15) is 49.7 Å². The molecule has 0 spiro atoms. The Morgan fingerprint density at radius 3 is 2.59 bits per heavy atom. The van der Waals surface area contributed by atoms with E-state index in [9.17, 15) is 9.18 Å². The SMILES string of the molecule is CC(C)c1c(-c2cc(F)c(=O)n(C)c2)[nH]c2ccc(C3CCNCC3)cc12. The molecule has 1 aliphatic heterocycles. The predicted octanol–water partition coefficient (Wildman–Crippen LogP) is 4.26. The van der Waals surface area contributed by atoms with E-state index < -0.39 is 11.4 Å². The number of H-pyrrole nitrogens is 1. The molecule has 0 radical (unpaired) electrons. The quantitative estimate of drug-likeness (QED) is 0.727. The summed E-state index contributed by atoms with van der Waals surface area (Å²) in [5, 5.41) is 4.62. The summed E-state index contributed by atoms with van der Waals surface area (Å²) in [6.07, 6.45) is 4.02. The van der Waals surface area contributed by atoms with Gasteiger partial charge in [-0.05, 0) is 67.1 Å². The van der Waals surface area contributed by atoms with E-state index in [1.165, 1.54) is 27.1 Å². The van der Waals surface area contributed by atoms with Crippen molar-refractivity contribution >= 4 is 10.9 Å². The highest BCUT2D eigenvalue weighted by molar-refractivity contribution is 5.91. The van der Waals surface area contributed by atoms with Crippen molar-refractivity contribution in [1.82, 2.24) is 14.9 Å².